The molecule has 1 saturated carbocycles. The minimum absolute atomic E-state index is 0.0436. The first-order valence-corrected chi connectivity index (χ1v) is 8.84. The molecule has 7 nitrogen and oxygen atoms in total. The van der Waals surface area contributed by atoms with Crippen LogP contribution in [0.1, 0.15) is 26.7 Å². The van der Waals surface area contributed by atoms with Crippen molar-refractivity contribution in [1.29, 1.82) is 0 Å². The van der Waals surface area contributed by atoms with Crippen LogP contribution in [0, 0.1) is 17.3 Å². The van der Waals surface area contributed by atoms with Crippen molar-refractivity contribution in [2.45, 2.75) is 26.7 Å². The zero-order chi connectivity index (χ0) is 17.5. The van der Waals surface area contributed by atoms with Gasteiger partial charge in [0.15, 0.2) is 0 Å². The molecule has 1 aliphatic carbocycles. The Morgan fingerprint density at radius 3 is 2.00 bits per heavy atom. The lowest BCUT2D eigenvalue weighted by Crippen LogP contribution is -2.52. The maximum atomic E-state index is 12.6. The van der Waals surface area contributed by atoms with E-state index in [9.17, 15) is 19.5 Å². The quantitative estimate of drug-likeness (QED) is 0.787. The second-order valence-electron chi connectivity index (χ2n) is 7.80. The zero-order valence-corrected chi connectivity index (χ0v) is 14.5. The van der Waals surface area contributed by atoms with Crippen LogP contribution >= 0.6 is 0 Å². The predicted molar refractivity (Wildman–Crippen MR) is 87.2 cm³/mol. The SMILES string of the molecule is CC1(C)[C@@H](C(=O)O)[C@@H]1C(=O)N1CCN(CC(=O)N2CCCC2)CC1. The number of carboxylic acid groups (broad SMARTS) is 1. The van der Waals surface area contributed by atoms with Gasteiger partial charge in [0.05, 0.1) is 18.4 Å². The van der Waals surface area contributed by atoms with Crippen LogP contribution in [0.25, 0.3) is 0 Å². The fourth-order valence-electron chi connectivity index (χ4n) is 4.14. The third kappa shape index (κ3) is 3.14. The van der Waals surface area contributed by atoms with E-state index >= 15 is 0 Å². The van der Waals surface area contributed by atoms with Crippen molar-refractivity contribution in [2.75, 3.05) is 45.8 Å². The fourth-order valence-corrected chi connectivity index (χ4v) is 4.14. The van der Waals surface area contributed by atoms with Crippen LogP contribution in [0.5, 0.6) is 0 Å². The molecule has 2 aliphatic heterocycles. The lowest BCUT2D eigenvalue weighted by molar-refractivity contribution is -0.143. The van der Waals surface area contributed by atoms with Gasteiger partial charge in [-0.25, -0.2) is 0 Å². The highest BCUT2D eigenvalue weighted by atomic mass is 16.4. The number of aliphatic carboxylic acids is 1. The first-order valence-electron chi connectivity index (χ1n) is 8.84. The summed E-state index contributed by atoms with van der Waals surface area (Å²) in [4.78, 5) is 41.8. The van der Waals surface area contributed by atoms with E-state index < -0.39 is 23.2 Å². The molecule has 3 rings (SSSR count). The number of hydrogen-bond acceptors (Lipinski definition) is 4. The Morgan fingerprint density at radius 2 is 1.50 bits per heavy atom. The number of nitrogens with zero attached hydrogens (tertiary/aromatic N) is 3. The molecule has 1 N–H and O–H groups in total. The van der Waals surface area contributed by atoms with Crippen LogP contribution in [-0.2, 0) is 14.4 Å². The summed E-state index contributed by atoms with van der Waals surface area (Å²) in [5.41, 5.74) is -0.453. The van der Waals surface area contributed by atoms with Crippen LogP contribution in [0.15, 0.2) is 0 Å². The van der Waals surface area contributed by atoms with Crippen LogP contribution in [0.3, 0.4) is 0 Å². The van der Waals surface area contributed by atoms with Gasteiger partial charge in [-0.15, -0.1) is 0 Å². The van der Waals surface area contributed by atoms with Crippen LogP contribution in [0.2, 0.25) is 0 Å². The van der Waals surface area contributed by atoms with E-state index in [1.807, 2.05) is 18.7 Å². The maximum Gasteiger partial charge on any atom is 0.307 e. The molecule has 0 aromatic carbocycles. The topological polar surface area (TPSA) is 81.2 Å². The second kappa shape index (κ2) is 6.35. The van der Waals surface area contributed by atoms with Gasteiger partial charge in [-0.05, 0) is 18.3 Å². The van der Waals surface area contributed by atoms with Crippen molar-refractivity contribution in [2.24, 2.45) is 17.3 Å². The lowest BCUT2D eigenvalue weighted by Gasteiger charge is -2.35. The van der Waals surface area contributed by atoms with Crippen molar-refractivity contribution in [3.8, 4) is 0 Å². The summed E-state index contributed by atoms with van der Waals surface area (Å²) in [6, 6.07) is 0. The molecule has 0 aromatic heterocycles. The van der Waals surface area contributed by atoms with E-state index in [0.29, 0.717) is 32.7 Å². The Kier molecular flexibility index (Phi) is 4.55. The summed E-state index contributed by atoms with van der Waals surface area (Å²) in [6.45, 7) is 8.35. The average Bonchev–Trinajstić information content (AvgIpc) is 2.91. The monoisotopic (exact) mass is 337 g/mol. The summed E-state index contributed by atoms with van der Waals surface area (Å²) < 4.78 is 0. The number of rotatable bonds is 4. The molecule has 7 heteroatoms. The van der Waals surface area contributed by atoms with Crippen LogP contribution in [0.4, 0.5) is 0 Å². The van der Waals surface area contributed by atoms with E-state index in [-0.39, 0.29) is 11.8 Å². The van der Waals surface area contributed by atoms with Gasteiger partial charge in [-0.3, -0.25) is 19.3 Å². The molecule has 0 unspecified atom stereocenters. The van der Waals surface area contributed by atoms with Gasteiger partial charge in [0.2, 0.25) is 11.8 Å². The average molecular weight is 337 g/mol. The van der Waals surface area contributed by atoms with E-state index in [4.69, 9.17) is 0 Å². The highest BCUT2D eigenvalue weighted by molar-refractivity contribution is 5.91. The minimum Gasteiger partial charge on any atom is -0.481 e. The summed E-state index contributed by atoms with van der Waals surface area (Å²) in [5.74, 6) is -1.72. The standard InChI is InChI=1S/C17H27N3O4/c1-17(2)13(14(17)16(23)24)15(22)20-9-7-18(8-10-20)11-12(21)19-5-3-4-6-19/h13-14H,3-11H2,1-2H3,(H,23,24)/t13-,14-/m1/s1. The second-order valence-corrected chi connectivity index (χ2v) is 7.80. The number of piperazine rings is 1. The fraction of sp³-hybridized carbons (Fsp3) is 0.824. The molecule has 24 heavy (non-hydrogen) atoms. The normalized spacial score (nSPS) is 29.6. The Labute approximate surface area is 142 Å². The highest BCUT2D eigenvalue weighted by Gasteiger charge is 2.66. The lowest BCUT2D eigenvalue weighted by atomic mass is 10.1. The van der Waals surface area contributed by atoms with Gasteiger partial charge in [0, 0.05) is 39.3 Å². The van der Waals surface area contributed by atoms with Gasteiger partial charge in [0.1, 0.15) is 0 Å². The number of carbonyl (C=O) groups is 3. The molecule has 0 spiro atoms. The van der Waals surface area contributed by atoms with Crippen molar-refractivity contribution >= 4 is 17.8 Å². The molecular weight excluding hydrogens is 310 g/mol. The van der Waals surface area contributed by atoms with Crippen molar-refractivity contribution < 1.29 is 19.5 Å². The van der Waals surface area contributed by atoms with Gasteiger partial charge in [-0.1, -0.05) is 13.8 Å². The van der Waals surface area contributed by atoms with Gasteiger partial charge < -0.3 is 14.9 Å². The number of carboxylic acids is 1. The van der Waals surface area contributed by atoms with E-state index in [1.54, 1.807) is 4.90 Å². The number of amides is 2. The van der Waals surface area contributed by atoms with Crippen molar-refractivity contribution in [3.63, 3.8) is 0 Å². The molecule has 2 atom stereocenters. The van der Waals surface area contributed by atoms with Crippen LogP contribution in [-0.4, -0.2) is 83.4 Å². The summed E-state index contributed by atoms with van der Waals surface area (Å²) in [5, 5.41) is 9.23. The molecule has 0 aromatic rings. The van der Waals surface area contributed by atoms with Gasteiger partial charge in [0.25, 0.3) is 0 Å². The van der Waals surface area contributed by atoms with Gasteiger partial charge >= 0.3 is 5.97 Å². The Bertz CT molecular complexity index is 534. The molecule has 0 radical (unpaired) electrons. The summed E-state index contributed by atoms with van der Waals surface area (Å²) in [7, 11) is 0. The largest absolute Gasteiger partial charge is 0.481 e. The minimum atomic E-state index is -0.881. The maximum absolute atomic E-state index is 12.6. The molecule has 3 aliphatic rings. The van der Waals surface area contributed by atoms with E-state index in [1.165, 1.54) is 0 Å². The Hall–Kier alpha value is -1.63. The molecule has 2 heterocycles. The van der Waals surface area contributed by atoms with Crippen molar-refractivity contribution in [3.05, 3.63) is 0 Å². The molecule has 3 fully saturated rings. The molecule has 0 bridgehead atoms. The third-order valence-corrected chi connectivity index (χ3v) is 5.86. The Morgan fingerprint density at radius 1 is 0.917 bits per heavy atom. The third-order valence-electron chi connectivity index (χ3n) is 5.86. The van der Waals surface area contributed by atoms with E-state index in [0.717, 1.165) is 25.9 Å². The van der Waals surface area contributed by atoms with Crippen molar-refractivity contribution in [1.82, 2.24) is 14.7 Å². The zero-order valence-electron chi connectivity index (χ0n) is 14.5. The first-order chi connectivity index (χ1) is 11.3. The molecule has 134 valence electrons. The summed E-state index contributed by atoms with van der Waals surface area (Å²) >= 11 is 0. The van der Waals surface area contributed by atoms with Gasteiger partial charge in [-0.2, -0.15) is 0 Å². The predicted octanol–water partition coefficient (Wildman–Crippen LogP) is 0.110. The number of likely N-dealkylation sites (tertiary alicyclic amines) is 1. The Balaban J connectivity index is 1.48. The smallest absolute Gasteiger partial charge is 0.307 e. The number of carbonyl (C=O) groups excluding carboxylic acids is 2. The molecule has 2 saturated heterocycles. The first kappa shape index (κ1) is 17.2. The number of hydrogen-bond donors (Lipinski definition) is 1. The van der Waals surface area contributed by atoms with E-state index in [2.05, 4.69) is 4.90 Å². The molecule has 2 amide bonds. The molecular formula is C17H27N3O4. The summed E-state index contributed by atoms with van der Waals surface area (Å²) in [6.07, 6.45) is 2.19. The van der Waals surface area contributed by atoms with Crippen LogP contribution < -0.4 is 0 Å². The highest BCUT2D eigenvalue weighted by Crippen LogP contribution is 2.59.